The van der Waals surface area contributed by atoms with Crippen LogP contribution in [0.5, 0.6) is 0 Å². The number of nitrogens with one attached hydrogen (secondary N) is 1. The molecule has 0 radical (unpaired) electrons. The average Bonchev–Trinajstić information content (AvgIpc) is 2.43. The molecule has 0 saturated carbocycles. The number of alkyl carbamates (subject to hydrolysis) is 1. The minimum atomic E-state index is -3.35. The number of alkyl halides is 1. The summed E-state index contributed by atoms with van der Waals surface area (Å²) in [6, 6.07) is 0. The average molecular weight is 341 g/mol. The Hall–Kier alpha value is -1.14. The topological polar surface area (TPSA) is 102 Å². The van der Waals surface area contributed by atoms with Gasteiger partial charge in [0.05, 0.1) is 0 Å². The van der Waals surface area contributed by atoms with E-state index in [9.17, 15) is 23.4 Å². The summed E-state index contributed by atoms with van der Waals surface area (Å²) >= 11 is 0. The van der Waals surface area contributed by atoms with Crippen molar-refractivity contribution in [3.05, 3.63) is 0 Å². The number of hydrogen-bond donors (Lipinski definition) is 2. The van der Waals surface area contributed by atoms with E-state index in [1.807, 2.05) is 12.2 Å². The number of rotatable bonds is 11. The van der Waals surface area contributed by atoms with Crippen LogP contribution in [0, 0.1) is 0 Å². The zero-order valence-corrected chi connectivity index (χ0v) is 13.9. The summed E-state index contributed by atoms with van der Waals surface area (Å²) in [5.41, 5.74) is 0. The van der Waals surface area contributed by atoms with E-state index in [0.717, 1.165) is 6.42 Å². The van der Waals surface area contributed by atoms with Crippen molar-refractivity contribution in [1.29, 1.82) is 0 Å². The van der Waals surface area contributed by atoms with Gasteiger partial charge in [0.25, 0.3) is 0 Å². The number of ether oxygens (including phenoxy) is 2. The van der Waals surface area contributed by atoms with Crippen LogP contribution in [0.25, 0.3) is 0 Å². The highest BCUT2D eigenvalue weighted by atomic mass is 31.2. The summed E-state index contributed by atoms with van der Waals surface area (Å²) in [6.07, 6.45) is -1.01. The second-order valence-electron chi connectivity index (χ2n) is 4.86. The molecule has 0 rings (SSSR count). The predicted octanol–water partition coefficient (Wildman–Crippen LogP) is 2.77. The summed E-state index contributed by atoms with van der Waals surface area (Å²) in [5.74, 6) is -0.510. The SMILES string of the molecule is CCCCP(=O)(O)CCC(F)NC(=O)OCOC(=O)CCC. The molecule has 0 bridgehead atoms. The maximum atomic E-state index is 13.5. The second kappa shape index (κ2) is 11.4. The van der Waals surface area contributed by atoms with Crippen molar-refractivity contribution in [1.82, 2.24) is 5.32 Å². The van der Waals surface area contributed by atoms with Crippen LogP contribution >= 0.6 is 7.37 Å². The Morgan fingerprint density at radius 2 is 1.91 bits per heavy atom. The van der Waals surface area contributed by atoms with Gasteiger partial charge in [0.1, 0.15) is 0 Å². The molecular weight excluding hydrogens is 316 g/mol. The minimum absolute atomic E-state index is 0.147. The fourth-order valence-corrected chi connectivity index (χ4v) is 3.16. The third-order valence-electron chi connectivity index (χ3n) is 2.73. The van der Waals surface area contributed by atoms with Crippen LogP contribution in [-0.2, 0) is 18.8 Å². The normalized spacial score (nSPS) is 14.7. The molecule has 2 unspecified atom stereocenters. The molecule has 0 aromatic heterocycles. The maximum absolute atomic E-state index is 13.5. The zero-order valence-electron chi connectivity index (χ0n) is 13.0. The van der Waals surface area contributed by atoms with Crippen LogP contribution < -0.4 is 5.32 Å². The highest BCUT2D eigenvalue weighted by Crippen LogP contribution is 2.42. The van der Waals surface area contributed by atoms with Crippen LogP contribution in [0.15, 0.2) is 0 Å². The molecule has 7 nitrogen and oxygen atoms in total. The van der Waals surface area contributed by atoms with E-state index >= 15 is 0 Å². The van der Waals surface area contributed by atoms with Crippen molar-refractivity contribution >= 4 is 19.4 Å². The van der Waals surface area contributed by atoms with E-state index in [-0.39, 0.29) is 25.2 Å². The lowest BCUT2D eigenvalue weighted by atomic mass is 10.3. The molecule has 9 heteroatoms. The fourth-order valence-electron chi connectivity index (χ4n) is 1.50. The van der Waals surface area contributed by atoms with Crippen molar-refractivity contribution in [3.8, 4) is 0 Å². The number of hydrogen-bond acceptors (Lipinski definition) is 5. The van der Waals surface area contributed by atoms with E-state index in [1.54, 1.807) is 6.92 Å². The summed E-state index contributed by atoms with van der Waals surface area (Å²) in [5, 5.41) is 1.86. The van der Waals surface area contributed by atoms with Gasteiger partial charge >= 0.3 is 12.1 Å². The fraction of sp³-hybridized carbons (Fsp3) is 0.846. The highest BCUT2D eigenvalue weighted by molar-refractivity contribution is 7.57. The monoisotopic (exact) mass is 341 g/mol. The number of carbonyl (C=O) groups excluding carboxylic acids is 2. The Balaban J connectivity index is 3.86. The van der Waals surface area contributed by atoms with E-state index in [1.165, 1.54) is 0 Å². The first kappa shape index (κ1) is 20.9. The standard InChI is InChI=1S/C13H25FNO6P/c1-3-5-8-22(18,19)9-7-11(14)15-13(17)21-10-20-12(16)6-4-2/h11H,3-10H2,1-2H3,(H,15,17)(H,18,19). The Morgan fingerprint density at radius 1 is 1.23 bits per heavy atom. The lowest BCUT2D eigenvalue weighted by Gasteiger charge is -2.14. The molecule has 0 aliphatic heterocycles. The van der Waals surface area contributed by atoms with Gasteiger partial charge in [0, 0.05) is 25.2 Å². The number of esters is 1. The molecule has 0 aliphatic carbocycles. The molecule has 0 saturated heterocycles. The van der Waals surface area contributed by atoms with Gasteiger partial charge in [0.2, 0.25) is 14.2 Å². The first-order valence-corrected chi connectivity index (χ1v) is 9.37. The number of halogens is 1. The molecule has 0 aromatic rings. The second-order valence-corrected chi connectivity index (χ2v) is 7.45. The van der Waals surface area contributed by atoms with Crippen molar-refractivity contribution < 1.29 is 32.9 Å². The molecule has 0 heterocycles. The summed E-state index contributed by atoms with van der Waals surface area (Å²) < 4.78 is 34.1. The van der Waals surface area contributed by atoms with Crippen LogP contribution in [0.2, 0.25) is 0 Å². The molecule has 0 aliphatic rings. The lowest BCUT2D eigenvalue weighted by molar-refractivity contribution is -0.151. The van der Waals surface area contributed by atoms with Crippen molar-refractivity contribution in [2.75, 3.05) is 19.1 Å². The third-order valence-corrected chi connectivity index (χ3v) is 4.70. The first-order valence-electron chi connectivity index (χ1n) is 7.34. The largest absolute Gasteiger partial charge is 0.428 e. The summed E-state index contributed by atoms with van der Waals surface area (Å²) in [7, 11) is -3.35. The van der Waals surface area contributed by atoms with E-state index < -0.39 is 32.5 Å². The minimum Gasteiger partial charge on any atom is -0.428 e. The molecule has 0 fully saturated rings. The lowest BCUT2D eigenvalue weighted by Crippen LogP contribution is -2.33. The molecule has 2 N–H and O–H groups in total. The van der Waals surface area contributed by atoms with E-state index in [0.29, 0.717) is 12.8 Å². The Kier molecular flexibility index (Phi) is 10.8. The van der Waals surface area contributed by atoms with Gasteiger partial charge in [-0.25, -0.2) is 9.18 Å². The zero-order chi connectivity index (χ0) is 17.0. The van der Waals surface area contributed by atoms with Gasteiger partial charge in [-0.15, -0.1) is 0 Å². The van der Waals surface area contributed by atoms with Gasteiger partial charge < -0.3 is 14.4 Å². The van der Waals surface area contributed by atoms with Gasteiger partial charge in [-0.05, 0) is 12.8 Å². The number of amides is 1. The predicted molar refractivity (Wildman–Crippen MR) is 79.5 cm³/mol. The van der Waals surface area contributed by atoms with Gasteiger partial charge in [-0.3, -0.25) is 14.7 Å². The molecular formula is C13H25FNO6P. The van der Waals surface area contributed by atoms with E-state index in [2.05, 4.69) is 9.47 Å². The van der Waals surface area contributed by atoms with Gasteiger partial charge in [-0.1, -0.05) is 20.3 Å². The van der Waals surface area contributed by atoms with Crippen molar-refractivity contribution in [2.45, 2.75) is 52.2 Å². The van der Waals surface area contributed by atoms with Crippen LogP contribution in [0.1, 0.15) is 46.0 Å². The molecule has 22 heavy (non-hydrogen) atoms. The third kappa shape index (κ3) is 11.5. The summed E-state index contributed by atoms with van der Waals surface area (Å²) in [6.45, 7) is 3.10. The van der Waals surface area contributed by atoms with Gasteiger partial charge in [-0.2, -0.15) is 0 Å². The van der Waals surface area contributed by atoms with Crippen molar-refractivity contribution in [3.63, 3.8) is 0 Å². The number of unbranched alkanes of at least 4 members (excludes halogenated alkanes) is 1. The summed E-state index contributed by atoms with van der Waals surface area (Å²) in [4.78, 5) is 31.7. The number of carbonyl (C=O) groups is 2. The first-order chi connectivity index (χ1) is 10.3. The van der Waals surface area contributed by atoms with Crippen LogP contribution in [0.4, 0.5) is 9.18 Å². The molecule has 0 spiro atoms. The molecule has 0 aromatic carbocycles. The molecule has 1 amide bonds. The smallest absolute Gasteiger partial charge is 0.412 e. The molecule has 130 valence electrons. The Labute approximate surface area is 130 Å². The van der Waals surface area contributed by atoms with Crippen molar-refractivity contribution in [2.24, 2.45) is 0 Å². The molecule has 2 atom stereocenters. The highest BCUT2D eigenvalue weighted by Gasteiger charge is 2.21. The Morgan fingerprint density at radius 3 is 2.50 bits per heavy atom. The maximum Gasteiger partial charge on any atom is 0.412 e. The van der Waals surface area contributed by atoms with E-state index in [4.69, 9.17) is 0 Å². The Bertz CT molecular complexity index is 393. The van der Waals surface area contributed by atoms with Gasteiger partial charge in [0.15, 0.2) is 6.30 Å². The quantitative estimate of drug-likeness (QED) is 0.259. The van der Waals surface area contributed by atoms with Crippen LogP contribution in [0.3, 0.4) is 0 Å². The van der Waals surface area contributed by atoms with Crippen LogP contribution in [-0.4, -0.2) is 42.4 Å².